The predicted molar refractivity (Wildman–Crippen MR) is 138 cm³/mol. The predicted octanol–water partition coefficient (Wildman–Crippen LogP) is 4.57. The third-order valence-corrected chi connectivity index (χ3v) is 5.77. The van der Waals surface area contributed by atoms with Gasteiger partial charge in [-0.2, -0.15) is 0 Å². The van der Waals surface area contributed by atoms with Gasteiger partial charge in [-0.3, -0.25) is 4.79 Å². The van der Waals surface area contributed by atoms with E-state index in [1.807, 2.05) is 30.0 Å². The Morgan fingerprint density at radius 2 is 1.84 bits per heavy atom. The van der Waals surface area contributed by atoms with Gasteiger partial charge < -0.3 is 20.1 Å². The number of nitrogens with zero attached hydrogens (tertiary/aromatic N) is 3. The Morgan fingerprint density at radius 3 is 2.47 bits per heavy atom. The monoisotopic (exact) mass is 553 g/mol. The van der Waals surface area contributed by atoms with Crippen molar-refractivity contribution in [2.24, 2.45) is 4.99 Å². The number of aromatic nitrogens is 1. The van der Waals surface area contributed by atoms with Crippen LogP contribution in [0, 0.1) is 0 Å². The summed E-state index contributed by atoms with van der Waals surface area (Å²) in [5.41, 5.74) is 3.53. The molecule has 176 valence electrons. The Balaban J connectivity index is 0.00000363. The number of benzene rings is 1. The lowest BCUT2D eigenvalue weighted by atomic mass is 9.99. The molecule has 0 saturated heterocycles. The highest BCUT2D eigenvalue weighted by molar-refractivity contribution is 14.0. The molecule has 0 aliphatic carbocycles. The topological polar surface area (TPSA) is 82.8 Å². The van der Waals surface area contributed by atoms with Crippen LogP contribution >= 0.6 is 24.0 Å². The molecule has 0 unspecified atom stereocenters. The van der Waals surface area contributed by atoms with Gasteiger partial charge in [-0.15, -0.1) is 24.0 Å². The number of carbonyl (C=O) groups excluding carboxylic acids is 1. The van der Waals surface area contributed by atoms with Gasteiger partial charge in [0.05, 0.1) is 5.69 Å². The maximum Gasteiger partial charge on any atom is 0.223 e. The molecule has 1 aliphatic rings. The van der Waals surface area contributed by atoms with E-state index in [4.69, 9.17) is 4.52 Å². The van der Waals surface area contributed by atoms with Gasteiger partial charge in [0, 0.05) is 44.6 Å². The molecule has 0 atom stereocenters. The lowest BCUT2D eigenvalue weighted by Gasteiger charge is -2.16. The van der Waals surface area contributed by atoms with Crippen LogP contribution in [0.5, 0.6) is 0 Å². The fourth-order valence-electron chi connectivity index (χ4n) is 3.92. The molecule has 1 aromatic heterocycles. The van der Waals surface area contributed by atoms with Crippen LogP contribution in [0.3, 0.4) is 0 Å². The Bertz CT molecular complexity index is 854. The first-order valence-corrected chi connectivity index (χ1v) is 11.5. The van der Waals surface area contributed by atoms with Crippen molar-refractivity contribution in [3.05, 3.63) is 52.9 Å². The van der Waals surface area contributed by atoms with Crippen molar-refractivity contribution in [1.82, 2.24) is 20.7 Å². The van der Waals surface area contributed by atoms with Crippen LogP contribution in [0.2, 0.25) is 0 Å². The molecule has 1 amide bonds. The molecular formula is C24H36IN5O2. The standard InChI is InChI=1S/C24H35N5O2.HI/c1-4-18(5-2)22-14-21(31-28-22)15-27-24(25-6-3)26-13-9-12-23(30)29-16-19-10-7-8-11-20(19)17-29;/h7-8,10-11,14,18H,4-6,9,12-13,15-17H2,1-3H3,(H2,25,26,27);1H. The second kappa shape index (κ2) is 13.4. The van der Waals surface area contributed by atoms with Crippen molar-refractivity contribution >= 4 is 35.8 Å². The van der Waals surface area contributed by atoms with Crippen LogP contribution in [0.25, 0.3) is 0 Å². The lowest BCUT2D eigenvalue weighted by Crippen LogP contribution is -2.38. The molecule has 1 aliphatic heterocycles. The summed E-state index contributed by atoms with van der Waals surface area (Å²) in [5.74, 6) is 2.14. The SMILES string of the molecule is CCNC(=NCc1cc(C(CC)CC)no1)NCCCC(=O)N1Cc2ccccc2C1.I. The second-order valence-corrected chi connectivity index (χ2v) is 7.98. The number of hydrogen-bond donors (Lipinski definition) is 2. The summed E-state index contributed by atoms with van der Waals surface area (Å²) in [4.78, 5) is 19.1. The summed E-state index contributed by atoms with van der Waals surface area (Å²) in [6, 6.07) is 10.3. The van der Waals surface area contributed by atoms with Gasteiger partial charge in [-0.1, -0.05) is 43.3 Å². The first-order chi connectivity index (χ1) is 15.1. The molecule has 7 nitrogen and oxygen atoms in total. The van der Waals surface area contributed by atoms with E-state index in [0.717, 1.165) is 56.3 Å². The number of nitrogens with one attached hydrogen (secondary N) is 2. The highest BCUT2D eigenvalue weighted by Gasteiger charge is 2.22. The number of fused-ring (bicyclic) bond motifs is 1. The Kier molecular flexibility index (Phi) is 11.0. The maximum absolute atomic E-state index is 12.5. The van der Waals surface area contributed by atoms with E-state index in [0.29, 0.717) is 25.4 Å². The fraction of sp³-hybridized carbons (Fsp3) is 0.542. The summed E-state index contributed by atoms with van der Waals surface area (Å²) in [6.45, 7) is 9.71. The molecule has 0 bridgehead atoms. The first-order valence-electron chi connectivity index (χ1n) is 11.5. The van der Waals surface area contributed by atoms with Crippen LogP contribution in [0.1, 0.15) is 75.0 Å². The maximum atomic E-state index is 12.5. The van der Waals surface area contributed by atoms with Gasteiger partial charge >= 0.3 is 0 Å². The number of guanidine groups is 1. The molecule has 0 spiro atoms. The molecule has 0 fully saturated rings. The molecule has 2 aromatic rings. The molecule has 0 radical (unpaired) electrons. The van der Waals surface area contributed by atoms with Crippen LogP contribution < -0.4 is 10.6 Å². The van der Waals surface area contributed by atoms with Crippen molar-refractivity contribution in [1.29, 1.82) is 0 Å². The third-order valence-electron chi connectivity index (χ3n) is 5.77. The van der Waals surface area contributed by atoms with Gasteiger partial charge in [0.25, 0.3) is 0 Å². The third kappa shape index (κ3) is 7.21. The summed E-state index contributed by atoms with van der Waals surface area (Å²) in [5, 5.41) is 10.8. The smallest absolute Gasteiger partial charge is 0.223 e. The molecule has 1 aromatic carbocycles. The van der Waals surface area contributed by atoms with E-state index in [1.54, 1.807) is 0 Å². The minimum Gasteiger partial charge on any atom is -0.359 e. The molecular weight excluding hydrogens is 517 g/mol. The van der Waals surface area contributed by atoms with E-state index in [1.165, 1.54) is 11.1 Å². The fourth-order valence-corrected chi connectivity index (χ4v) is 3.92. The van der Waals surface area contributed by atoms with Crippen LogP contribution in [-0.4, -0.2) is 35.0 Å². The van der Waals surface area contributed by atoms with Gasteiger partial charge in [0.2, 0.25) is 5.91 Å². The van der Waals surface area contributed by atoms with E-state index >= 15 is 0 Å². The zero-order valence-corrected chi connectivity index (χ0v) is 21.7. The Morgan fingerprint density at radius 1 is 1.16 bits per heavy atom. The van der Waals surface area contributed by atoms with Crippen molar-refractivity contribution < 1.29 is 9.32 Å². The van der Waals surface area contributed by atoms with Gasteiger partial charge in [0.15, 0.2) is 11.7 Å². The quantitative estimate of drug-likeness (QED) is 0.195. The van der Waals surface area contributed by atoms with E-state index in [-0.39, 0.29) is 29.9 Å². The number of hydrogen-bond acceptors (Lipinski definition) is 4. The number of aliphatic imine (C=N–C) groups is 1. The molecule has 2 N–H and O–H groups in total. The second-order valence-electron chi connectivity index (χ2n) is 7.98. The number of halogens is 1. The van der Waals surface area contributed by atoms with Gasteiger partial charge in [-0.25, -0.2) is 4.99 Å². The molecule has 0 saturated carbocycles. The highest BCUT2D eigenvalue weighted by atomic mass is 127. The van der Waals surface area contributed by atoms with Crippen molar-refractivity contribution in [3.63, 3.8) is 0 Å². The zero-order valence-electron chi connectivity index (χ0n) is 19.4. The average Bonchev–Trinajstić information content (AvgIpc) is 3.43. The molecule has 32 heavy (non-hydrogen) atoms. The zero-order chi connectivity index (χ0) is 22.1. The summed E-state index contributed by atoms with van der Waals surface area (Å²) in [7, 11) is 0. The molecule has 3 rings (SSSR count). The minimum atomic E-state index is 0. The number of rotatable bonds is 10. The number of amides is 1. The summed E-state index contributed by atoms with van der Waals surface area (Å²) < 4.78 is 5.46. The van der Waals surface area contributed by atoms with Gasteiger partial charge in [0.1, 0.15) is 6.54 Å². The Hall–Kier alpha value is -2.10. The highest BCUT2D eigenvalue weighted by Crippen LogP contribution is 2.23. The van der Waals surface area contributed by atoms with Gasteiger partial charge in [-0.05, 0) is 37.3 Å². The van der Waals surface area contributed by atoms with Crippen LogP contribution in [0.4, 0.5) is 0 Å². The van der Waals surface area contributed by atoms with E-state index in [2.05, 4.69) is 46.8 Å². The van der Waals surface area contributed by atoms with E-state index in [9.17, 15) is 4.79 Å². The lowest BCUT2D eigenvalue weighted by molar-refractivity contribution is -0.131. The van der Waals surface area contributed by atoms with Crippen LogP contribution in [-0.2, 0) is 24.4 Å². The molecule has 2 heterocycles. The van der Waals surface area contributed by atoms with E-state index < -0.39 is 0 Å². The summed E-state index contributed by atoms with van der Waals surface area (Å²) >= 11 is 0. The number of carbonyl (C=O) groups is 1. The Labute approximate surface area is 208 Å². The minimum absolute atomic E-state index is 0. The first kappa shape index (κ1) is 26.2. The van der Waals surface area contributed by atoms with Crippen molar-refractivity contribution in [2.75, 3.05) is 13.1 Å². The normalized spacial score (nSPS) is 13.1. The summed E-state index contributed by atoms with van der Waals surface area (Å²) in [6.07, 6.45) is 3.40. The molecule has 8 heteroatoms. The van der Waals surface area contributed by atoms with Crippen LogP contribution in [0.15, 0.2) is 39.8 Å². The van der Waals surface area contributed by atoms with Crippen molar-refractivity contribution in [3.8, 4) is 0 Å². The van der Waals surface area contributed by atoms with Crippen molar-refractivity contribution in [2.45, 2.75) is 72.0 Å². The largest absolute Gasteiger partial charge is 0.359 e. The average molecular weight is 553 g/mol.